The van der Waals surface area contributed by atoms with Gasteiger partial charge in [0.05, 0.1) is 6.54 Å². The molecule has 1 aromatic rings. The van der Waals surface area contributed by atoms with Crippen molar-refractivity contribution < 1.29 is 4.79 Å². The SMILES string of the molecule is NC(=O)N1CC(c2ccccc2)=CN1. The van der Waals surface area contributed by atoms with E-state index in [1.807, 2.05) is 30.3 Å². The van der Waals surface area contributed by atoms with E-state index in [4.69, 9.17) is 5.73 Å². The molecule has 3 N–H and O–H groups in total. The zero-order valence-electron chi connectivity index (χ0n) is 7.60. The molecule has 1 heterocycles. The summed E-state index contributed by atoms with van der Waals surface area (Å²) < 4.78 is 0. The zero-order valence-corrected chi connectivity index (χ0v) is 7.60. The quantitative estimate of drug-likeness (QED) is 0.690. The second-order valence-corrected chi connectivity index (χ2v) is 3.09. The van der Waals surface area contributed by atoms with Gasteiger partial charge in [0.1, 0.15) is 0 Å². The first-order valence-corrected chi connectivity index (χ1v) is 4.35. The number of benzene rings is 1. The molecule has 0 radical (unpaired) electrons. The Bertz CT molecular complexity index is 372. The molecule has 0 aromatic heterocycles. The van der Waals surface area contributed by atoms with Crippen molar-refractivity contribution in [2.75, 3.05) is 6.54 Å². The number of hydrazine groups is 1. The summed E-state index contributed by atoms with van der Waals surface area (Å²) in [5, 5.41) is 1.36. The molecule has 2 rings (SSSR count). The van der Waals surface area contributed by atoms with Gasteiger partial charge >= 0.3 is 6.03 Å². The van der Waals surface area contributed by atoms with Crippen LogP contribution in [0.2, 0.25) is 0 Å². The Labute approximate surface area is 82.0 Å². The fraction of sp³-hybridized carbons (Fsp3) is 0.100. The molecule has 0 saturated heterocycles. The molecule has 0 spiro atoms. The molecule has 2 amide bonds. The standard InChI is InChI=1S/C10H11N3O/c11-10(14)13-7-9(6-12-13)8-4-2-1-3-5-8/h1-6,12H,7H2,(H2,11,14). The number of nitrogens with one attached hydrogen (secondary N) is 1. The first-order valence-electron chi connectivity index (χ1n) is 4.35. The van der Waals surface area contributed by atoms with Crippen molar-refractivity contribution in [3.63, 3.8) is 0 Å². The topological polar surface area (TPSA) is 58.4 Å². The number of urea groups is 1. The predicted octanol–water partition coefficient (Wildman–Crippen LogP) is 0.926. The molecule has 0 fully saturated rings. The minimum atomic E-state index is -0.466. The summed E-state index contributed by atoms with van der Waals surface area (Å²) in [7, 11) is 0. The maximum atomic E-state index is 10.8. The number of hydrogen-bond acceptors (Lipinski definition) is 2. The van der Waals surface area contributed by atoms with E-state index in [0.717, 1.165) is 11.1 Å². The Morgan fingerprint density at radius 2 is 2.07 bits per heavy atom. The van der Waals surface area contributed by atoms with Crippen LogP contribution < -0.4 is 11.2 Å². The summed E-state index contributed by atoms with van der Waals surface area (Å²) in [6, 6.07) is 9.41. The molecule has 1 aliphatic rings. The fourth-order valence-corrected chi connectivity index (χ4v) is 1.39. The number of carbonyl (C=O) groups excluding carboxylic acids is 1. The van der Waals surface area contributed by atoms with Gasteiger partial charge in [-0.15, -0.1) is 0 Å². The second-order valence-electron chi connectivity index (χ2n) is 3.09. The summed E-state index contributed by atoms with van der Waals surface area (Å²) in [5.74, 6) is 0. The van der Waals surface area contributed by atoms with Crippen LogP contribution in [0.25, 0.3) is 5.57 Å². The number of nitrogens with two attached hydrogens (primary N) is 1. The van der Waals surface area contributed by atoms with Gasteiger partial charge in [0.2, 0.25) is 0 Å². The number of hydrogen-bond donors (Lipinski definition) is 2. The van der Waals surface area contributed by atoms with Crippen molar-refractivity contribution in [3.05, 3.63) is 42.1 Å². The molecular formula is C10H11N3O. The lowest BCUT2D eigenvalue weighted by Gasteiger charge is -2.12. The number of carbonyl (C=O) groups is 1. The smallest absolute Gasteiger partial charge is 0.333 e. The van der Waals surface area contributed by atoms with Gasteiger partial charge in [-0.1, -0.05) is 30.3 Å². The van der Waals surface area contributed by atoms with Crippen molar-refractivity contribution in [1.82, 2.24) is 10.4 Å². The molecule has 0 unspecified atom stereocenters. The average Bonchev–Trinajstić information content (AvgIpc) is 2.68. The molecule has 1 aliphatic heterocycles. The summed E-state index contributed by atoms with van der Waals surface area (Å²) in [4.78, 5) is 10.8. The lowest BCUT2D eigenvalue weighted by Crippen LogP contribution is -2.40. The normalized spacial score (nSPS) is 14.9. The van der Waals surface area contributed by atoms with Gasteiger partial charge in [-0.3, -0.25) is 0 Å². The largest absolute Gasteiger partial charge is 0.350 e. The van der Waals surface area contributed by atoms with E-state index in [2.05, 4.69) is 5.43 Å². The number of nitrogens with zero attached hydrogens (tertiary/aromatic N) is 1. The third-order valence-electron chi connectivity index (χ3n) is 2.13. The molecule has 72 valence electrons. The molecule has 4 heteroatoms. The van der Waals surface area contributed by atoms with E-state index in [1.54, 1.807) is 6.20 Å². The van der Waals surface area contributed by atoms with Gasteiger partial charge in [0.15, 0.2) is 0 Å². The van der Waals surface area contributed by atoms with Crippen molar-refractivity contribution in [2.45, 2.75) is 0 Å². The summed E-state index contributed by atoms with van der Waals surface area (Å²) in [6.07, 6.45) is 1.79. The van der Waals surface area contributed by atoms with Crippen LogP contribution >= 0.6 is 0 Å². The highest BCUT2D eigenvalue weighted by atomic mass is 16.2. The Morgan fingerprint density at radius 3 is 2.64 bits per heavy atom. The van der Waals surface area contributed by atoms with Crippen molar-refractivity contribution in [3.8, 4) is 0 Å². The van der Waals surface area contributed by atoms with Crippen LogP contribution in [-0.2, 0) is 0 Å². The minimum absolute atomic E-state index is 0.466. The maximum Gasteiger partial charge on any atom is 0.333 e. The average molecular weight is 189 g/mol. The van der Waals surface area contributed by atoms with Gasteiger partial charge in [-0.05, 0) is 11.1 Å². The Balaban J connectivity index is 2.13. The second kappa shape index (κ2) is 3.41. The molecule has 4 nitrogen and oxygen atoms in total. The monoisotopic (exact) mass is 189 g/mol. The highest BCUT2D eigenvalue weighted by Gasteiger charge is 2.17. The lowest BCUT2D eigenvalue weighted by atomic mass is 10.1. The molecule has 0 atom stereocenters. The fourth-order valence-electron chi connectivity index (χ4n) is 1.39. The van der Waals surface area contributed by atoms with Gasteiger partial charge in [0.25, 0.3) is 0 Å². The molecule has 14 heavy (non-hydrogen) atoms. The van der Waals surface area contributed by atoms with Crippen LogP contribution in [-0.4, -0.2) is 17.6 Å². The highest BCUT2D eigenvalue weighted by Crippen LogP contribution is 2.17. The van der Waals surface area contributed by atoms with E-state index in [0.29, 0.717) is 6.54 Å². The van der Waals surface area contributed by atoms with Crippen LogP contribution in [0.4, 0.5) is 4.79 Å². The van der Waals surface area contributed by atoms with Gasteiger partial charge in [-0.25, -0.2) is 9.80 Å². The first-order chi connectivity index (χ1) is 6.77. The van der Waals surface area contributed by atoms with Crippen molar-refractivity contribution in [2.24, 2.45) is 5.73 Å². The summed E-state index contributed by atoms with van der Waals surface area (Å²) in [5.41, 5.74) is 10.1. The van der Waals surface area contributed by atoms with E-state index < -0.39 is 6.03 Å². The lowest BCUT2D eigenvalue weighted by molar-refractivity contribution is 0.205. The number of rotatable bonds is 1. The van der Waals surface area contributed by atoms with Crippen LogP contribution in [0.15, 0.2) is 36.5 Å². The highest BCUT2D eigenvalue weighted by molar-refractivity contribution is 5.78. The Morgan fingerprint density at radius 1 is 1.36 bits per heavy atom. The molecule has 0 saturated carbocycles. The van der Waals surface area contributed by atoms with Crippen LogP contribution in [0.1, 0.15) is 5.56 Å². The van der Waals surface area contributed by atoms with Gasteiger partial charge in [0, 0.05) is 6.20 Å². The van der Waals surface area contributed by atoms with Gasteiger partial charge in [-0.2, -0.15) is 0 Å². The van der Waals surface area contributed by atoms with E-state index in [-0.39, 0.29) is 0 Å². The first kappa shape index (κ1) is 8.62. The van der Waals surface area contributed by atoms with Crippen LogP contribution in [0.5, 0.6) is 0 Å². The number of amides is 2. The minimum Gasteiger partial charge on any atom is -0.350 e. The maximum absolute atomic E-state index is 10.8. The van der Waals surface area contributed by atoms with E-state index in [9.17, 15) is 4.79 Å². The molecular weight excluding hydrogens is 178 g/mol. The van der Waals surface area contributed by atoms with E-state index >= 15 is 0 Å². The molecule has 0 bridgehead atoms. The summed E-state index contributed by atoms with van der Waals surface area (Å²) >= 11 is 0. The van der Waals surface area contributed by atoms with Crippen LogP contribution in [0, 0.1) is 0 Å². The molecule has 0 aliphatic carbocycles. The Kier molecular flexibility index (Phi) is 2.10. The third-order valence-corrected chi connectivity index (χ3v) is 2.13. The van der Waals surface area contributed by atoms with Gasteiger partial charge < -0.3 is 11.2 Å². The molecule has 1 aromatic carbocycles. The predicted molar refractivity (Wildman–Crippen MR) is 53.8 cm³/mol. The third kappa shape index (κ3) is 1.54. The van der Waals surface area contributed by atoms with Crippen molar-refractivity contribution in [1.29, 1.82) is 0 Å². The summed E-state index contributed by atoms with van der Waals surface area (Å²) in [6.45, 7) is 0.513. The van der Waals surface area contributed by atoms with Crippen LogP contribution in [0.3, 0.4) is 0 Å². The number of primary amides is 1. The zero-order chi connectivity index (χ0) is 9.97. The van der Waals surface area contributed by atoms with Crippen molar-refractivity contribution >= 4 is 11.6 Å². The Hall–Kier alpha value is -1.97. The van der Waals surface area contributed by atoms with E-state index in [1.165, 1.54) is 5.01 Å².